The number of hydrogen-bond acceptors (Lipinski definition) is 2. The van der Waals surface area contributed by atoms with Crippen molar-refractivity contribution in [3.8, 4) is 5.75 Å². The highest BCUT2D eigenvalue weighted by atomic mass is 16.5. The summed E-state index contributed by atoms with van der Waals surface area (Å²) < 4.78 is 5.84. The lowest BCUT2D eigenvalue weighted by Gasteiger charge is -2.15. The van der Waals surface area contributed by atoms with Gasteiger partial charge in [0, 0.05) is 6.21 Å². The van der Waals surface area contributed by atoms with Gasteiger partial charge < -0.3 is 4.74 Å². The van der Waals surface area contributed by atoms with Crippen LogP contribution in [0.1, 0.15) is 46.3 Å². The van der Waals surface area contributed by atoms with E-state index in [0.29, 0.717) is 6.61 Å². The summed E-state index contributed by atoms with van der Waals surface area (Å²) in [4.78, 5) is 4.77. The SMILES string of the molecule is Cc1cc(C)c(C(C)N=Cc2ccc(OCc3ccccc3)cc2)c(C)c1. The van der Waals surface area contributed by atoms with E-state index in [1.807, 2.05) is 48.7 Å². The van der Waals surface area contributed by atoms with Gasteiger partial charge in [0.2, 0.25) is 0 Å². The molecule has 0 aliphatic rings. The minimum absolute atomic E-state index is 0.139. The van der Waals surface area contributed by atoms with Gasteiger partial charge in [-0.3, -0.25) is 4.99 Å². The topological polar surface area (TPSA) is 21.6 Å². The Bertz CT molecular complexity index is 888. The Balaban J connectivity index is 1.64. The molecule has 3 aromatic rings. The summed E-state index contributed by atoms with van der Waals surface area (Å²) >= 11 is 0. The third kappa shape index (κ3) is 5.07. The molecule has 0 saturated heterocycles. The highest BCUT2D eigenvalue weighted by Gasteiger charge is 2.10. The van der Waals surface area contributed by atoms with E-state index in [-0.39, 0.29) is 6.04 Å². The molecule has 3 rings (SSSR count). The first kappa shape index (κ1) is 18.9. The second-order valence-corrected chi connectivity index (χ2v) is 7.11. The van der Waals surface area contributed by atoms with Crippen molar-refractivity contribution in [2.24, 2.45) is 4.99 Å². The van der Waals surface area contributed by atoms with Crippen molar-refractivity contribution in [3.63, 3.8) is 0 Å². The van der Waals surface area contributed by atoms with Crippen molar-refractivity contribution in [3.05, 3.63) is 100 Å². The van der Waals surface area contributed by atoms with Gasteiger partial charge in [0.05, 0.1) is 6.04 Å². The van der Waals surface area contributed by atoms with E-state index in [0.717, 1.165) is 11.3 Å². The van der Waals surface area contributed by atoms with E-state index in [1.54, 1.807) is 0 Å². The van der Waals surface area contributed by atoms with Gasteiger partial charge in [-0.25, -0.2) is 0 Å². The molecule has 0 fully saturated rings. The van der Waals surface area contributed by atoms with Crippen LogP contribution in [0.5, 0.6) is 5.75 Å². The number of rotatable bonds is 6. The van der Waals surface area contributed by atoms with Crippen LogP contribution in [0, 0.1) is 20.8 Å². The van der Waals surface area contributed by atoms with E-state index < -0.39 is 0 Å². The molecule has 0 aromatic heterocycles. The lowest BCUT2D eigenvalue weighted by atomic mass is 9.95. The number of benzene rings is 3. The Morgan fingerprint density at radius 2 is 1.52 bits per heavy atom. The predicted molar refractivity (Wildman–Crippen MR) is 114 cm³/mol. The van der Waals surface area contributed by atoms with Crippen LogP contribution in [0.4, 0.5) is 0 Å². The molecule has 0 bridgehead atoms. The van der Waals surface area contributed by atoms with Crippen molar-refractivity contribution >= 4 is 6.21 Å². The second-order valence-electron chi connectivity index (χ2n) is 7.11. The minimum Gasteiger partial charge on any atom is -0.489 e. The van der Waals surface area contributed by atoms with E-state index in [4.69, 9.17) is 9.73 Å². The Kier molecular flexibility index (Phi) is 6.08. The summed E-state index contributed by atoms with van der Waals surface area (Å²) in [6.45, 7) is 9.20. The van der Waals surface area contributed by atoms with Crippen LogP contribution in [0.25, 0.3) is 0 Å². The molecule has 27 heavy (non-hydrogen) atoms. The Hall–Kier alpha value is -2.87. The average Bonchev–Trinajstić information content (AvgIpc) is 2.65. The van der Waals surface area contributed by atoms with Crippen LogP contribution in [-0.4, -0.2) is 6.21 Å². The molecular formula is C25H27NO. The monoisotopic (exact) mass is 357 g/mol. The van der Waals surface area contributed by atoms with E-state index in [1.165, 1.54) is 27.8 Å². The zero-order chi connectivity index (χ0) is 19.2. The molecule has 0 aliphatic heterocycles. The maximum Gasteiger partial charge on any atom is 0.119 e. The Morgan fingerprint density at radius 3 is 2.15 bits per heavy atom. The van der Waals surface area contributed by atoms with Crippen LogP contribution < -0.4 is 4.74 Å². The van der Waals surface area contributed by atoms with Gasteiger partial charge in [-0.2, -0.15) is 0 Å². The first-order valence-corrected chi connectivity index (χ1v) is 9.40. The van der Waals surface area contributed by atoms with Gasteiger partial charge in [0.1, 0.15) is 12.4 Å². The first-order valence-electron chi connectivity index (χ1n) is 9.40. The summed E-state index contributed by atoms with van der Waals surface area (Å²) in [5, 5.41) is 0. The third-order valence-electron chi connectivity index (χ3n) is 4.73. The van der Waals surface area contributed by atoms with E-state index in [2.05, 4.69) is 52.0 Å². The van der Waals surface area contributed by atoms with Crippen LogP contribution in [0.2, 0.25) is 0 Å². The maximum atomic E-state index is 5.84. The van der Waals surface area contributed by atoms with Gasteiger partial charge in [-0.15, -0.1) is 0 Å². The Labute approximate surface area is 162 Å². The van der Waals surface area contributed by atoms with Gasteiger partial charge >= 0.3 is 0 Å². The number of ether oxygens (including phenoxy) is 1. The van der Waals surface area contributed by atoms with Crippen LogP contribution in [-0.2, 0) is 6.61 Å². The van der Waals surface area contributed by atoms with Gasteiger partial charge in [-0.05, 0) is 79.8 Å². The van der Waals surface area contributed by atoms with Crippen molar-refractivity contribution in [2.45, 2.75) is 40.3 Å². The number of aryl methyl sites for hydroxylation is 3. The molecule has 0 radical (unpaired) electrons. The summed E-state index contributed by atoms with van der Waals surface area (Å²) in [6, 6.07) is 22.9. The number of nitrogens with zero attached hydrogens (tertiary/aromatic N) is 1. The highest BCUT2D eigenvalue weighted by molar-refractivity contribution is 5.80. The average molecular weight is 357 g/mol. The molecular weight excluding hydrogens is 330 g/mol. The van der Waals surface area contributed by atoms with Gasteiger partial charge in [-0.1, -0.05) is 48.0 Å². The summed E-state index contributed by atoms with van der Waals surface area (Å²) in [5.74, 6) is 0.870. The molecule has 0 saturated carbocycles. The summed E-state index contributed by atoms with van der Waals surface area (Å²) in [5.41, 5.74) is 7.48. The lowest BCUT2D eigenvalue weighted by molar-refractivity contribution is 0.306. The van der Waals surface area contributed by atoms with Gasteiger partial charge in [0.15, 0.2) is 0 Å². The van der Waals surface area contributed by atoms with Crippen molar-refractivity contribution in [1.29, 1.82) is 0 Å². The molecule has 1 atom stereocenters. The molecule has 3 aromatic carbocycles. The second kappa shape index (κ2) is 8.68. The smallest absolute Gasteiger partial charge is 0.119 e. The molecule has 0 aliphatic carbocycles. The quantitative estimate of drug-likeness (QED) is 0.470. The lowest BCUT2D eigenvalue weighted by Crippen LogP contribution is -1.99. The van der Waals surface area contributed by atoms with Crippen LogP contribution >= 0.6 is 0 Å². The maximum absolute atomic E-state index is 5.84. The molecule has 1 unspecified atom stereocenters. The molecule has 2 nitrogen and oxygen atoms in total. The molecule has 0 amide bonds. The minimum atomic E-state index is 0.139. The van der Waals surface area contributed by atoms with Crippen molar-refractivity contribution in [1.82, 2.24) is 0 Å². The fourth-order valence-electron chi connectivity index (χ4n) is 3.51. The highest BCUT2D eigenvalue weighted by Crippen LogP contribution is 2.26. The first-order chi connectivity index (χ1) is 13.0. The number of hydrogen-bond donors (Lipinski definition) is 0. The largest absolute Gasteiger partial charge is 0.489 e. The number of aliphatic imine (C=N–C) groups is 1. The van der Waals surface area contributed by atoms with E-state index >= 15 is 0 Å². The van der Waals surface area contributed by atoms with Crippen LogP contribution in [0.15, 0.2) is 71.7 Å². The molecule has 2 heteroatoms. The normalized spacial score (nSPS) is 12.3. The standard InChI is InChI=1S/C25H27NO/c1-18-14-19(2)25(20(3)15-18)21(4)26-16-22-10-12-24(13-11-22)27-17-23-8-6-5-7-9-23/h5-16,21H,17H2,1-4H3. The predicted octanol–water partition coefficient (Wildman–Crippen LogP) is 6.37. The fourth-order valence-corrected chi connectivity index (χ4v) is 3.51. The summed E-state index contributed by atoms with van der Waals surface area (Å²) in [6.07, 6.45) is 1.95. The molecule has 138 valence electrons. The van der Waals surface area contributed by atoms with E-state index in [9.17, 15) is 0 Å². The Morgan fingerprint density at radius 1 is 0.889 bits per heavy atom. The third-order valence-corrected chi connectivity index (χ3v) is 4.73. The zero-order valence-electron chi connectivity index (χ0n) is 16.6. The zero-order valence-corrected chi connectivity index (χ0v) is 16.6. The molecule has 0 spiro atoms. The molecule has 0 N–H and O–H groups in total. The fraction of sp³-hybridized carbons (Fsp3) is 0.240. The molecule has 0 heterocycles. The van der Waals surface area contributed by atoms with Crippen molar-refractivity contribution in [2.75, 3.05) is 0 Å². The summed E-state index contributed by atoms with van der Waals surface area (Å²) in [7, 11) is 0. The van der Waals surface area contributed by atoms with Crippen molar-refractivity contribution < 1.29 is 4.74 Å². The van der Waals surface area contributed by atoms with Crippen LogP contribution in [0.3, 0.4) is 0 Å². The van der Waals surface area contributed by atoms with Gasteiger partial charge in [0.25, 0.3) is 0 Å².